The van der Waals surface area contributed by atoms with Crippen LogP contribution in [0.25, 0.3) is 0 Å². The molecule has 2 rings (SSSR count). The molecule has 0 spiro atoms. The van der Waals surface area contributed by atoms with E-state index in [9.17, 15) is 13.9 Å². The summed E-state index contributed by atoms with van der Waals surface area (Å²) in [5, 5.41) is 10.9. The molecule has 2 aromatic rings. The molecule has 0 radical (unpaired) electrons. The van der Waals surface area contributed by atoms with E-state index in [0.29, 0.717) is 15.6 Å². The average molecular weight is 317 g/mol. The second kappa shape index (κ2) is 6.53. The monoisotopic (exact) mass is 316 g/mol. The van der Waals surface area contributed by atoms with Gasteiger partial charge in [0.1, 0.15) is 11.6 Å². The maximum absolute atomic E-state index is 13.5. The molecule has 1 nitrogen and oxygen atoms in total. The zero-order valence-corrected chi connectivity index (χ0v) is 11.9. The Balaban J connectivity index is 2.11. The molecule has 0 saturated carbocycles. The van der Waals surface area contributed by atoms with Crippen LogP contribution in [-0.4, -0.2) is 11.2 Å². The van der Waals surface area contributed by atoms with E-state index in [4.69, 9.17) is 23.2 Å². The number of aliphatic hydroxyl groups is 1. The summed E-state index contributed by atoms with van der Waals surface area (Å²) in [6.45, 7) is 0. The van der Waals surface area contributed by atoms with Gasteiger partial charge in [-0.05, 0) is 29.3 Å². The first-order valence-electron chi connectivity index (χ1n) is 6.02. The number of halogens is 4. The Morgan fingerprint density at radius 3 is 2.25 bits per heavy atom. The number of aliphatic hydroxyl groups excluding tert-OH is 1. The first-order valence-corrected chi connectivity index (χ1v) is 6.78. The molecule has 5 heteroatoms. The van der Waals surface area contributed by atoms with Crippen LogP contribution in [0.15, 0.2) is 36.4 Å². The fourth-order valence-electron chi connectivity index (χ4n) is 1.98. The van der Waals surface area contributed by atoms with Crippen molar-refractivity contribution in [3.05, 3.63) is 69.2 Å². The minimum absolute atomic E-state index is 0.0632. The minimum atomic E-state index is -0.854. The van der Waals surface area contributed by atoms with Gasteiger partial charge in [-0.1, -0.05) is 35.3 Å². The van der Waals surface area contributed by atoms with Gasteiger partial charge in [-0.25, -0.2) is 8.78 Å². The Labute approximate surface area is 125 Å². The van der Waals surface area contributed by atoms with Crippen LogP contribution >= 0.6 is 23.2 Å². The highest BCUT2D eigenvalue weighted by Crippen LogP contribution is 2.26. The molecule has 0 fully saturated rings. The minimum Gasteiger partial charge on any atom is -0.392 e. The molecule has 20 heavy (non-hydrogen) atoms. The summed E-state index contributed by atoms with van der Waals surface area (Å²) in [6.07, 6.45) is -0.587. The fraction of sp³-hybridized carbons (Fsp3) is 0.200. The third-order valence-electron chi connectivity index (χ3n) is 2.97. The van der Waals surface area contributed by atoms with Gasteiger partial charge in [0.2, 0.25) is 0 Å². The van der Waals surface area contributed by atoms with Gasteiger partial charge in [-0.15, -0.1) is 0 Å². The quantitative estimate of drug-likeness (QED) is 0.885. The third-order valence-corrected chi connectivity index (χ3v) is 3.68. The van der Waals surface area contributed by atoms with Crippen molar-refractivity contribution in [1.29, 1.82) is 0 Å². The van der Waals surface area contributed by atoms with Gasteiger partial charge < -0.3 is 5.11 Å². The molecule has 2 aromatic carbocycles. The van der Waals surface area contributed by atoms with Crippen LogP contribution in [0.2, 0.25) is 10.0 Å². The van der Waals surface area contributed by atoms with Crippen molar-refractivity contribution in [2.75, 3.05) is 0 Å². The van der Waals surface area contributed by atoms with Crippen molar-refractivity contribution < 1.29 is 13.9 Å². The number of rotatable bonds is 4. The maximum Gasteiger partial charge on any atom is 0.129 e. The van der Waals surface area contributed by atoms with Crippen molar-refractivity contribution >= 4 is 23.2 Å². The van der Waals surface area contributed by atoms with Crippen molar-refractivity contribution in [2.24, 2.45) is 0 Å². The number of hydrogen-bond donors (Lipinski definition) is 1. The maximum atomic E-state index is 13.5. The van der Waals surface area contributed by atoms with E-state index in [-0.39, 0.29) is 18.4 Å². The summed E-state index contributed by atoms with van der Waals surface area (Å²) in [7, 11) is 0. The Bertz CT molecular complexity index is 597. The van der Waals surface area contributed by atoms with E-state index in [1.54, 1.807) is 18.2 Å². The van der Waals surface area contributed by atoms with Gasteiger partial charge in [-0.2, -0.15) is 0 Å². The van der Waals surface area contributed by atoms with Gasteiger partial charge in [-0.3, -0.25) is 0 Å². The lowest BCUT2D eigenvalue weighted by atomic mass is 10.0. The summed E-state index contributed by atoms with van der Waals surface area (Å²) in [5.74, 6) is -1.32. The molecular formula is C15H12Cl2F2O. The van der Waals surface area contributed by atoms with Crippen LogP contribution in [0, 0.1) is 11.6 Å². The summed E-state index contributed by atoms with van der Waals surface area (Å²) in [4.78, 5) is 0. The van der Waals surface area contributed by atoms with Gasteiger partial charge in [0, 0.05) is 29.0 Å². The predicted octanol–water partition coefficient (Wildman–Crippen LogP) is 4.42. The SMILES string of the molecule is OC(Cc1ccc(F)cc1F)Cc1c(Cl)cccc1Cl. The molecule has 1 atom stereocenters. The average Bonchev–Trinajstić information content (AvgIpc) is 2.37. The normalized spacial score (nSPS) is 12.4. The van der Waals surface area contributed by atoms with Gasteiger partial charge in [0.25, 0.3) is 0 Å². The van der Waals surface area contributed by atoms with Crippen LogP contribution in [0.4, 0.5) is 8.78 Å². The molecule has 0 aliphatic carbocycles. The highest BCUT2D eigenvalue weighted by Gasteiger charge is 2.14. The second-order valence-corrected chi connectivity index (χ2v) is 5.31. The predicted molar refractivity (Wildman–Crippen MR) is 76.2 cm³/mol. The van der Waals surface area contributed by atoms with Crippen molar-refractivity contribution in [3.8, 4) is 0 Å². The zero-order chi connectivity index (χ0) is 14.7. The van der Waals surface area contributed by atoms with Crippen LogP contribution < -0.4 is 0 Å². The second-order valence-electron chi connectivity index (χ2n) is 4.50. The molecule has 106 valence electrons. The standard InChI is InChI=1S/C15H12Cl2F2O/c16-13-2-1-3-14(17)12(13)8-11(20)6-9-4-5-10(18)7-15(9)19/h1-5,7,11,20H,6,8H2. The highest BCUT2D eigenvalue weighted by molar-refractivity contribution is 6.35. The molecule has 1 unspecified atom stereocenters. The van der Waals surface area contributed by atoms with E-state index in [1.807, 2.05) is 0 Å². The number of hydrogen-bond acceptors (Lipinski definition) is 1. The Morgan fingerprint density at radius 2 is 1.65 bits per heavy atom. The zero-order valence-electron chi connectivity index (χ0n) is 10.4. The summed E-state index contributed by atoms with van der Waals surface area (Å²) >= 11 is 12.0. The Hall–Kier alpha value is -1.16. The summed E-state index contributed by atoms with van der Waals surface area (Å²) in [5.41, 5.74) is 0.868. The van der Waals surface area contributed by atoms with Crippen LogP contribution in [0.3, 0.4) is 0 Å². The lowest BCUT2D eigenvalue weighted by molar-refractivity contribution is 0.174. The van der Waals surface area contributed by atoms with Gasteiger partial charge in [0.15, 0.2) is 0 Å². The third kappa shape index (κ3) is 3.69. The van der Waals surface area contributed by atoms with Crippen molar-refractivity contribution in [3.63, 3.8) is 0 Å². The van der Waals surface area contributed by atoms with E-state index < -0.39 is 17.7 Å². The summed E-state index contributed by atoms with van der Waals surface area (Å²) < 4.78 is 26.3. The van der Waals surface area contributed by atoms with Crippen molar-refractivity contribution in [2.45, 2.75) is 18.9 Å². The number of benzene rings is 2. The Morgan fingerprint density at radius 1 is 1.00 bits per heavy atom. The van der Waals surface area contributed by atoms with Crippen LogP contribution in [0.1, 0.15) is 11.1 Å². The molecule has 0 heterocycles. The first-order chi connectivity index (χ1) is 9.47. The lowest BCUT2D eigenvalue weighted by Gasteiger charge is -2.13. The fourth-order valence-corrected chi connectivity index (χ4v) is 2.53. The van der Waals surface area contributed by atoms with Gasteiger partial charge in [0.05, 0.1) is 6.10 Å². The molecule has 0 bridgehead atoms. The molecule has 0 amide bonds. The first kappa shape index (κ1) is 15.2. The smallest absolute Gasteiger partial charge is 0.129 e. The molecule has 0 aromatic heterocycles. The van der Waals surface area contributed by atoms with Gasteiger partial charge >= 0.3 is 0 Å². The van der Waals surface area contributed by atoms with Crippen LogP contribution in [-0.2, 0) is 12.8 Å². The highest BCUT2D eigenvalue weighted by atomic mass is 35.5. The molecule has 0 saturated heterocycles. The largest absolute Gasteiger partial charge is 0.392 e. The summed E-state index contributed by atoms with van der Waals surface area (Å²) in [6, 6.07) is 8.34. The van der Waals surface area contributed by atoms with E-state index in [0.717, 1.165) is 12.1 Å². The van der Waals surface area contributed by atoms with E-state index in [2.05, 4.69) is 0 Å². The van der Waals surface area contributed by atoms with Crippen molar-refractivity contribution in [1.82, 2.24) is 0 Å². The molecular weight excluding hydrogens is 305 g/mol. The topological polar surface area (TPSA) is 20.2 Å². The van der Waals surface area contributed by atoms with E-state index >= 15 is 0 Å². The molecule has 1 N–H and O–H groups in total. The van der Waals surface area contributed by atoms with Crippen LogP contribution in [0.5, 0.6) is 0 Å². The lowest BCUT2D eigenvalue weighted by Crippen LogP contribution is -2.15. The Kier molecular flexibility index (Phi) is 4.97. The molecule has 0 aliphatic rings. The van der Waals surface area contributed by atoms with E-state index in [1.165, 1.54) is 6.07 Å². The molecule has 0 aliphatic heterocycles.